The number of amides is 1. The molecule has 4 heterocycles. The lowest BCUT2D eigenvalue weighted by Gasteiger charge is -2.36. The number of para-hydroxylation sites is 1. The molecule has 3 aromatic heterocycles. The molecular weight excluding hydrogens is 422 g/mol. The molecule has 0 saturated carbocycles. The van der Waals surface area contributed by atoms with Gasteiger partial charge >= 0.3 is 0 Å². The molecule has 0 atom stereocenters. The standard InChI is InChI=1S/C23H23N7OS/c1-17-21(32-23(26-17)30-9-5-6-10-30)22(31)27-19-15-20(25-16-24-19)29-13-11-28(12-14-29)18-7-3-2-4-8-18/h2-10,15-16H,11-14H2,1H3,(H,24,25,27,31). The molecule has 1 fully saturated rings. The number of hydrogen-bond donors (Lipinski definition) is 1. The summed E-state index contributed by atoms with van der Waals surface area (Å²) in [6, 6.07) is 16.1. The maximum atomic E-state index is 12.9. The fourth-order valence-electron chi connectivity index (χ4n) is 3.76. The molecule has 1 aliphatic rings. The topological polar surface area (TPSA) is 79.2 Å². The minimum atomic E-state index is -0.211. The molecule has 8 nitrogen and oxygen atoms in total. The van der Waals surface area contributed by atoms with Crippen LogP contribution in [-0.4, -0.2) is 51.6 Å². The second-order valence-corrected chi connectivity index (χ2v) is 8.50. The van der Waals surface area contributed by atoms with Crippen molar-refractivity contribution in [1.29, 1.82) is 0 Å². The van der Waals surface area contributed by atoms with Crippen LogP contribution in [0.4, 0.5) is 17.3 Å². The number of rotatable bonds is 5. The number of benzene rings is 1. The number of hydrogen-bond acceptors (Lipinski definition) is 7. The summed E-state index contributed by atoms with van der Waals surface area (Å²) in [5.41, 5.74) is 1.93. The van der Waals surface area contributed by atoms with Crippen LogP contribution in [-0.2, 0) is 0 Å². The molecule has 1 aliphatic heterocycles. The van der Waals surface area contributed by atoms with E-state index in [0.717, 1.165) is 37.1 Å². The molecule has 0 unspecified atom stereocenters. The Morgan fingerprint density at radius 3 is 2.44 bits per heavy atom. The van der Waals surface area contributed by atoms with Gasteiger partial charge in [0.25, 0.3) is 5.91 Å². The van der Waals surface area contributed by atoms with Crippen LogP contribution in [0.5, 0.6) is 0 Å². The van der Waals surface area contributed by atoms with Crippen LogP contribution >= 0.6 is 11.3 Å². The van der Waals surface area contributed by atoms with E-state index in [1.807, 2.05) is 48.1 Å². The number of thiazole rings is 1. The Kier molecular flexibility index (Phi) is 5.55. The minimum absolute atomic E-state index is 0.211. The third kappa shape index (κ3) is 4.19. The summed E-state index contributed by atoms with van der Waals surface area (Å²) < 4.78 is 1.90. The van der Waals surface area contributed by atoms with Crippen molar-refractivity contribution in [2.75, 3.05) is 41.3 Å². The van der Waals surface area contributed by atoms with Gasteiger partial charge in [-0.25, -0.2) is 15.0 Å². The lowest BCUT2D eigenvalue weighted by Crippen LogP contribution is -2.46. The minimum Gasteiger partial charge on any atom is -0.368 e. The van der Waals surface area contributed by atoms with Crippen LogP contribution in [0.2, 0.25) is 0 Å². The summed E-state index contributed by atoms with van der Waals surface area (Å²) in [5, 5.41) is 3.67. The number of aromatic nitrogens is 4. The van der Waals surface area contributed by atoms with Gasteiger partial charge in [0.1, 0.15) is 22.8 Å². The monoisotopic (exact) mass is 445 g/mol. The molecule has 162 valence electrons. The second kappa shape index (κ2) is 8.80. The van der Waals surface area contributed by atoms with Crippen LogP contribution in [0.25, 0.3) is 5.13 Å². The molecule has 32 heavy (non-hydrogen) atoms. The van der Waals surface area contributed by atoms with E-state index >= 15 is 0 Å². The van der Waals surface area contributed by atoms with Gasteiger partial charge in [-0.15, -0.1) is 0 Å². The molecular formula is C23H23N7OS. The second-order valence-electron chi connectivity index (χ2n) is 7.53. The number of piperazine rings is 1. The number of carbonyl (C=O) groups excluding carboxylic acids is 1. The van der Waals surface area contributed by atoms with E-state index in [0.29, 0.717) is 16.4 Å². The van der Waals surface area contributed by atoms with Gasteiger partial charge in [-0.2, -0.15) is 0 Å². The predicted octanol–water partition coefficient (Wildman–Crippen LogP) is 3.61. The Morgan fingerprint density at radius 2 is 1.69 bits per heavy atom. The lowest BCUT2D eigenvalue weighted by atomic mass is 10.2. The largest absolute Gasteiger partial charge is 0.368 e. The van der Waals surface area contributed by atoms with Crippen molar-refractivity contribution in [3.63, 3.8) is 0 Å². The highest BCUT2D eigenvalue weighted by atomic mass is 32.1. The first-order valence-corrected chi connectivity index (χ1v) is 11.3. The Labute approximate surface area is 190 Å². The normalized spacial score (nSPS) is 13.9. The highest BCUT2D eigenvalue weighted by Gasteiger charge is 2.20. The van der Waals surface area contributed by atoms with E-state index in [2.05, 4.69) is 54.3 Å². The van der Waals surface area contributed by atoms with Gasteiger partial charge in [-0.3, -0.25) is 4.79 Å². The van der Waals surface area contributed by atoms with Crippen LogP contribution < -0.4 is 15.1 Å². The van der Waals surface area contributed by atoms with Gasteiger partial charge < -0.3 is 19.7 Å². The fourth-order valence-corrected chi connectivity index (χ4v) is 4.69. The van der Waals surface area contributed by atoms with E-state index in [4.69, 9.17) is 0 Å². The number of nitrogens with one attached hydrogen (secondary N) is 1. The zero-order valence-electron chi connectivity index (χ0n) is 17.7. The van der Waals surface area contributed by atoms with Crippen LogP contribution in [0, 0.1) is 6.92 Å². The molecule has 9 heteroatoms. The summed E-state index contributed by atoms with van der Waals surface area (Å²) in [5.74, 6) is 1.09. The van der Waals surface area contributed by atoms with Crippen LogP contribution in [0.1, 0.15) is 15.4 Å². The Balaban J connectivity index is 1.25. The third-order valence-electron chi connectivity index (χ3n) is 5.44. The van der Waals surface area contributed by atoms with Gasteiger partial charge in [0.05, 0.1) is 5.69 Å². The third-order valence-corrected chi connectivity index (χ3v) is 6.61. The van der Waals surface area contributed by atoms with Gasteiger partial charge in [-0.05, 0) is 31.2 Å². The first-order chi connectivity index (χ1) is 15.7. The average Bonchev–Trinajstić information content (AvgIpc) is 3.50. The van der Waals surface area contributed by atoms with E-state index in [-0.39, 0.29) is 5.91 Å². The summed E-state index contributed by atoms with van der Waals surface area (Å²) in [4.78, 5) is 31.2. The molecule has 0 spiro atoms. The van der Waals surface area contributed by atoms with E-state index in [1.165, 1.54) is 23.4 Å². The SMILES string of the molecule is Cc1nc(-n2cccc2)sc1C(=O)Nc1cc(N2CCN(c3ccccc3)CC2)ncn1. The van der Waals surface area contributed by atoms with Gasteiger partial charge in [-0.1, -0.05) is 29.5 Å². The van der Waals surface area contributed by atoms with E-state index in [9.17, 15) is 4.79 Å². The van der Waals surface area contributed by atoms with Crippen molar-refractivity contribution in [1.82, 2.24) is 19.5 Å². The first-order valence-electron chi connectivity index (χ1n) is 10.5. The van der Waals surface area contributed by atoms with Crippen molar-refractivity contribution in [2.24, 2.45) is 0 Å². The summed E-state index contributed by atoms with van der Waals surface area (Å²) in [6.07, 6.45) is 5.32. The smallest absolute Gasteiger partial charge is 0.268 e. The van der Waals surface area contributed by atoms with Crippen molar-refractivity contribution < 1.29 is 4.79 Å². The molecule has 5 rings (SSSR count). The maximum absolute atomic E-state index is 12.9. The van der Waals surface area contributed by atoms with Crippen molar-refractivity contribution in [2.45, 2.75) is 6.92 Å². The van der Waals surface area contributed by atoms with Crippen LogP contribution in [0.3, 0.4) is 0 Å². The summed E-state index contributed by atoms with van der Waals surface area (Å²) in [7, 11) is 0. The molecule has 1 aromatic carbocycles. The van der Waals surface area contributed by atoms with E-state index in [1.54, 1.807) is 0 Å². The first kappa shape index (κ1) is 20.2. The zero-order chi connectivity index (χ0) is 21.9. The van der Waals surface area contributed by atoms with Crippen molar-refractivity contribution in [3.05, 3.63) is 77.8 Å². The lowest BCUT2D eigenvalue weighted by molar-refractivity contribution is 0.102. The molecule has 0 aliphatic carbocycles. The summed E-state index contributed by atoms with van der Waals surface area (Å²) >= 11 is 1.36. The summed E-state index contributed by atoms with van der Waals surface area (Å²) in [6.45, 7) is 5.38. The number of aryl methyl sites for hydroxylation is 1. The average molecular weight is 446 g/mol. The maximum Gasteiger partial charge on any atom is 0.268 e. The van der Waals surface area contributed by atoms with Gasteiger partial charge in [0.2, 0.25) is 0 Å². The highest BCUT2D eigenvalue weighted by Crippen LogP contribution is 2.24. The molecule has 0 radical (unpaired) electrons. The van der Waals surface area contributed by atoms with Gasteiger partial charge in [0, 0.05) is 50.3 Å². The zero-order valence-corrected chi connectivity index (χ0v) is 18.5. The number of carbonyl (C=O) groups is 1. The van der Waals surface area contributed by atoms with Gasteiger partial charge in [0.15, 0.2) is 5.13 Å². The molecule has 4 aromatic rings. The molecule has 1 N–H and O–H groups in total. The molecule has 1 saturated heterocycles. The number of nitrogens with zero attached hydrogens (tertiary/aromatic N) is 6. The van der Waals surface area contributed by atoms with Crippen molar-refractivity contribution >= 4 is 34.6 Å². The van der Waals surface area contributed by atoms with Crippen LogP contribution in [0.15, 0.2) is 67.3 Å². The van der Waals surface area contributed by atoms with Crippen molar-refractivity contribution in [3.8, 4) is 5.13 Å². The molecule has 1 amide bonds. The number of anilines is 3. The fraction of sp³-hybridized carbons (Fsp3) is 0.217. The Hall–Kier alpha value is -3.72. The predicted molar refractivity (Wildman–Crippen MR) is 127 cm³/mol. The Morgan fingerprint density at radius 1 is 0.969 bits per heavy atom. The Bertz CT molecular complexity index is 1200. The highest BCUT2D eigenvalue weighted by molar-refractivity contribution is 7.16. The molecule has 0 bridgehead atoms. The van der Waals surface area contributed by atoms with E-state index < -0.39 is 0 Å². The quantitative estimate of drug-likeness (QED) is 0.506.